The lowest BCUT2D eigenvalue weighted by Gasteiger charge is -2.15. The van der Waals surface area contributed by atoms with Gasteiger partial charge in [0.05, 0.1) is 32.1 Å². The van der Waals surface area contributed by atoms with Crippen LogP contribution in [0.2, 0.25) is 0 Å². The zero-order chi connectivity index (χ0) is 33.9. The number of anilines is 2. The Bertz CT molecular complexity index is 1790. The molecule has 0 saturated carbocycles. The summed E-state index contributed by atoms with van der Waals surface area (Å²) in [5, 5.41) is 16.9. The highest BCUT2D eigenvalue weighted by Gasteiger charge is 2.19. The molecule has 1 atom stereocenters. The average molecular weight is 656 g/mol. The summed E-state index contributed by atoms with van der Waals surface area (Å²) in [6.45, 7) is 1.73. The maximum Gasteiger partial charge on any atom is 0.335 e. The number of carbonyl (C=O) groups excluding carboxylic acids is 3. The number of carboxylic acids is 1. The molecule has 0 aliphatic heterocycles. The van der Waals surface area contributed by atoms with E-state index in [2.05, 4.69) is 16.0 Å². The molecule has 0 heterocycles. The third kappa shape index (κ3) is 9.14. The zero-order valence-corrected chi connectivity index (χ0v) is 26.8. The van der Waals surface area contributed by atoms with E-state index in [-0.39, 0.29) is 17.2 Å². The van der Waals surface area contributed by atoms with Crippen LogP contribution in [0, 0.1) is 0 Å². The van der Waals surface area contributed by atoms with E-state index in [0.717, 1.165) is 4.90 Å². The molecule has 4 aromatic rings. The molecule has 0 saturated heterocycles. The number of hydrogen-bond acceptors (Lipinski definition) is 8. The first kappa shape index (κ1) is 34.1. The summed E-state index contributed by atoms with van der Waals surface area (Å²) < 4.78 is 16.3. The molecule has 4 N–H and O–H groups in total. The zero-order valence-electron chi connectivity index (χ0n) is 26.0. The highest BCUT2D eigenvalue weighted by Crippen LogP contribution is 2.36. The molecule has 0 aromatic heterocycles. The van der Waals surface area contributed by atoms with Crippen molar-refractivity contribution in [1.82, 2.24) is 5.32 Å². The number of hydrogen-bond donors (Lipinski definition) is 4. The highest BCUT2D eigenvalue weighted by atomic mass is 32.2. The molecule has 242 valence electrons. The first-order valence-electron chi connectivity index (χ1n) is 14.2. The largest absolute Gasteiger partial charge is 0.496 e. The minimum atomic E-state index is -1.09. The Balaban J connectivity index is 1.51. The minimum Gasteiger partial charge on any atom is -0.496 e. The summed E-state index contributed by atoms with van der Waals surface area (Å²) >= 11 is 1.29. The van der Waals surface area contributed by atoms with E-state index >= 15 is 0 Å². The van der Waals surface area contributed by atoms with Crippen molar-refractivity contribution >= 4 is 52.9 Å². The highest BCUT2D eigenvalue weighted by molar-refractivity contribution is 8.00. The van der Waals surface area contributed by atoms with Gasteiger partial charge >= 0.3 is 5.97 Å². The summed E-state index contributed by atoms with van der Waals surface area (Å²) in [4.78, 5) is 51.4. The van der Waals surface area contributed by atoms with Crippen LogP contribution in [0.1, 0.15) is 33.2 Å². The maximum atomic E-state index is 13.6. The van der Waals surface area contributed by atoms with Gasteiger partial charge in [-0.3, -0.25) is 14.4 Å². The van der Waals surface area contributed by atoms with Gasteiger partial charge in [-0.2, -0.15) is 0 Å². The fraction of sp³-hybridized carbons (Fsp3) is 0.143. The van der Waals surface area contributed by atoms with Gasteiger partial charge in [-0.05, 0) is 73.7 Å². The predicted octanol–water partition coefficient (Wildman–Crippen LogP) is 5.94. The van der Waals surface area contributed by atoms with E-state index in [4.69, 9.17) is 14.2 Å². The van der Waals surface area contributed by atoms with Crippen molar-refractivity contribution in [3.63, 3.8) is 0 Å². The molecule has 0 radical (unpaired) electrons. The van der Waals surface area contributed by atoms with Gasteiger partial charge in [-0.15, -0.1) is 11.8 Å². The predicted molar refractivity (Wildman–Crippen MR) is 180 cm³/mol. The number of nitrogens with one attached hydrogen (secondary N) is 3. The van der Waals surface area contributed by atoms with Gasteiger partial charge in [0.25, 0.3) is 11.8 Å². The van der Waals surface area contributed by atoms with Crippen LogP contribution in [0.3, 0.4) is 0 Å². The molecular formula is C35H33N3O8S. The lowest BCUT2D eigenvalue weighted by Crippen LogP contribution is -2.30. The SMILES string of the molecule is COc1cc(OC)c(OC)cc1/C=C(\NC(=O)c1ccccc1)C(=O)Nc1ccc(SC(C)C(=O)Nc2cccc(C(=O)O)c2)cc1. The summed E-state index contributed by atoms with van der Waals surface area (Å²) in [7, 11) is 4.45. The van der Waals surface area contributed by atoms with Crippen molar-refractivity contribution in [3.05, 3.63) is 113 Å². The van der Waals surface area contributed by atoms with Gasteiger partial charge in [-0.1, -0.05) is 24.3 Å². The Labute approximate surface area is 275 Å². The third-order valence-electron chi connectivity index (χ3n) is 6.74. The van der Waals surface area contributed by atoms with Crippen LogP contribution < -0.4 is 30.2 Å². The molecule has 1 unspecified atom stereocenters. The van der Waals surface area contributed by atoms with Crippen LogP contribution in [0.5, 0.6) is 17.2 Å². The molecule has 4 aromatic carbocycles. The number of aromatic carboxylic acids is 1. The van der Waals surface area contributed by atoms with Gasteiger partial charge in [0.2, 0.25) is 5.91 Å². The van der Waals surface area contributed by atoms with Gasteiger partial charge in [-0.25, -0.2) is 4.79 Å². The Hall–Kier alpha value is -5.75. The third-order valence-corrected chi connectivity index (χ3v) is 7.85. The van der Waals surface area contributed by atoms with Crippen molar-refractivity contribution in [2.45, 2.75) is 17.1 Å². The molecule has 0 aliphatic rings. The van der Waals surface area contributed by atoms with Crippen molar-refractivity contribution < 1.29 is 38.5 Å². The van der Waals surface area contributed by atoms with Gasteiger partial charge < -0.3 is 35.3 Å². The Morgan fingerprint density at radius 1 is 0.723 bits per heavy atom. The maximum absolute atomic E-state index is 13.6. The van der Waals surface area contributed by atoms with Crippen molar-refractivity contribution in [1.29, 1.82) is 0 Å². The van der Waals surface area contributed by atoms with Crippen LogP contribution in [0.4, 0.5) is 11.4 Å². The van der Waals surface area contributed by atoms with Gasteiger partial charge in [0, 0.05) is 33.5 Å². The second-order valence-electron chi connectivity index (χ2n) is 9.94. The molecule has 0 aliphatic carbocycles. The first-order valence-corrected chi connectivity index (χ1v) is 15.1. The lowest BCUT2D eigenvalue weighted by molar-refractivity contribution is -0.115. The molecule has 11 nitrogen and oxygen atoms in total. The van der Waals surface area contributed by atoms with Crippen LogP contribution in [-0.4, -0.2) is 55.4 Å². The molecule has 47 heavy (non-hydrogen) atoms. The molecule has 12 heteroatoms. The van der Waals surface area contributed by atoms with Crippen LogP contribution >= 0.6 is 11.8 Å². The number of ether oxygens (including phenoxy) is 3. The van der Waals surface area contributed by atoms with Crippen molar-refractivity contribution in [3.8, 4) is 17.2 Å². The van der Waals surface area contributed by atoms with E-state index in [1.165, 1.54) is 51.3 Å². The van der Waals surface area contributed by atoms with Gasteiger partial charge in [0.1, 0.15) is 11.4 Å². The van der Waals surface area contributed by atoms with E-state index in [9.17, 15) is 24.3 Å². The molecule has 0 fully saturated rings. The first-order chi connectivity index (χ1) is 22.6. The number of benzene rings is 4. The van der Waals surface area contributed by atoms with Gasteiger partial charge in [0.15, 0.2) is 11.5 Å². The fourth-order valence-corrected chi connectivity index (χ4v) is 5.18. The molecule has 3 amide bonds. The second-order valence-corrected chi connectivity index (χ2v) is 11.4. The summed E-state index contributed by atoms with van der Waals surface area (Å²) in [6.07, 6.45) is 1.48. The Morgan fingerprint density at radius 3 is 2.00 bits per heavy atom. The van der Waals surface area contributed by atoms with Crippen LogP contribution in [-0.2, 0) is 9.59 Å². The normalized spacial score (nSPS) is 11.5. The minimum absolute atomic E-state index is 0.0555. The number of carboxylic acid groups (broad SMARTS) is 1. The fourth-order valence-electron chi connectivity index (χ4n) is 4.31. The smallest absolute Gasteiger partial charge is 0.335 e. The summed E-state index contributed by atoms with van der Waals surface area (Å²) in [6, 6.07) is 24.6. The lowest BCUT2D eigenvalue weighted by atomic mass is 10.1. The van der Waals surface area contributed by atoms with E-state index < -0.39 is 23.0 Å². The topological polar surface area (TPSA) is 152 Å². The van der Waals surface area contributed by atoms with Crippen molar-refractivity contribution in [2.24, 2.45) is 0 Å². The summed E-state index contributed by atoms with van der Waals surface area (Å²) in [5.41, 5.74) is 1.66. The molecule has 4 rings (SSSR count). The average Bonchev–Trinajstić information content (AvgIpc) is 3.08. The van der Waals surface area contributed by atoms with Crippen LogP contribution in [0.25, 0.3) is 6.08 Å². The quantitative estimate of drug-likeness (QED) is 0.101. The molecular weight excluding hydrogens is 622 g/mol. The Kier molecular flexibility index (Phi) is 11.6. The second kappa shape index (κ2) is 16.0. The summed E-state index contributed by atoms with van der Waals surface area (Å²) in [5.74, 6) is -1.25. The number of thioether (sulfide) groups is 1. The number of carbonyl (C=O) groups is 4. The number of amides is 3. The van der Waals surface area contributed by atoms with Crippen molar-refractivity contribution in [2.75, 3.05) is 32.0 Å². The number of rotatable bonds is 13. The Morgan fingerprint density at radius 2 is 1.36 bits per heavy atom. The van der Waals surface area contributed by atoms with E-state index in [1.807, 2.05) is 0 Å². The molecule has 0 spiro atoms. The molecule has 0 bridgehead atoms. The number of methoxy groups -OCH3 is 3. The standard InChI is InChI=1S/C35H33N3O8S/c1-21(32(39)37-26-12-8-11-23(17-26)35(42)43)47-27-15-13-25(14-16-27)36-34(41)28(38-33(40)22-9-6-5-7-10-22)18-24-19-30(45-3)31(46-4)20-29(24)44-2/h5-21H,1-4H3,(H,36,41)(H,37,39)(H,38,40)(H,42,43)/b28-18-. The monoisotopic (exact) mass is 655 g/mol. The van der Waals surface area contributed by atoms with E-state index in [1.54, 1.807) is 85.8 Å². The van der Waals surface area contributed by atoms with E-state index in [0.29, 0.717) is 39.8 Å². The van der Waals surface area contributed by atoms with Crippen LogP contribution in [0.15, 0.2) is 102 Å².